The van der Waals surface area contributed by atoms with E-state index in [0.717, 1.165) is 0 Å². The van der Waals surface area contributed by atoms with Crippen LogP contribution < -0.4 is 0 Å². The minimum absolute atomic E-state index is 0.232. The van der Waals surface area contributed by atoms with E-state index in [0.29, 0.717) is 0 Å². The predicted octanol–water partition coefficient (Wildman–Crippen LogP) is 12.0. The standard InChI is InChI=1S/C18H18F26N2O4P2Si2/c1-53(2,3)45-51(43,47-7(11(19,20)21,12(22,23)24)8(48-51,13(25,26)27)14(28,29)30)46(54(4,5)6)52(45,44)49-9(15(31,32)33,16(34,35)36)10(50-52,17(37,38)39)18(40,41)42/h1-6H3. The SMILES string of the molecule is C[Si](C)(C)N1P2(F)(OC(C(F)(F)F)(C(F)(F)F)C(C(F)(F)F)(C(F)(F)F)O2)N([Si](C)(C)C)P12(F)OC(C(F)(F)F)(C(F)(F)F)C(C(F)(F)F)(C(F)(F)F)O2. The first-order valence-electron chi connectivity index (χ1n) is 13.2. The monoisotopic (exact) mass is 938 g/mol. The molecule has 3 heterocycles. The summed E-state index contributed by atoms with van der Waals surface area (Å²) in [5.74, 6) is 0. The normalized spacial score (nSPS) is 29.0. The van der Waals surface area contributed by atoms with Gasteiger partial charge in [-0.25, -0.2) is 0 Å². The second-order valence-electron chi connectivity index (χ2n) is 13.6. The van der Waals surface area contributed by atoms with E-state index in [1.807, 2.05) is 0 Å². The Morgan fingerprint density at radius 3 is 0.500 bits per heavy atom. The third-order valence-corrected chi connectivity index (χ3v) is 29.7. The molecule has 0 aromatic carbocycles. The van der Waals surface area contributed by atoms with E-state index in [1.54, 1.807) is 0 Å². The van der Waals surface area contributed by atoms with Crippen LogP contribution in [0.4, 0.5) is 114 Å². The van der Waals surface area contributed by atoms with Gasteiger partial charge in [-0.3, -0.25) is 0 Å². The molecule has 0 aliphatic carbocycles. The van der Waals surface area contributed by atoms with Crippen LogP contribution in [-0.4, -0.2) is 96.5 Å². The summed E-state index contributed by atoms with van der Waals surface area (Å²) < 4.78 is 392. The Hall–Kier alpha value is -0.766. The van der Waals surface area contributed by atoms with Crippen molar-refractivity contribution in [2.75, 3.05) is 0 Å². The quantitative estimate of drug-likeness (QED) is 0.156. The molecule has 36 heteroatoms. The first-order chi connectivity index (χ1) is 22.7. The van der Waals surface area contributed by atoms with Crippen molar-refractivity contribution in [3.8, 4) is 0 Å². The molecule has 3 aliphatic heterocycles. The fourth-order valence-corrected chi connectivity index (χ4v) is 35.4. The van der Waals surface area contributed by atoms with Gasteiger partial charge in [0.15, 0.2) is 0 Å². The van der Waals surface area contributed by atoms with E-state index in [4.69, 9.17) is 0 Å². The molecular formula is C18H18F26N2O4P2Si2. The van der Waals surface area contributed by atoms with Crippen molar-refractivity contribution in [1.82, 2.24) is 8.21 Å². The van der Waals surface area contributed by atoms with Gasteiger partial charge in [-0.05, 0) is 0 Å². The molecule has 0 N–H and O–H groups in total. The molecule has 0 radical (unpaired) electrons. The number of rotatable bonds is 2. The molecule has 0 aromatic heterocycles. The van der Waals surface area contributed by atoms with Crippen LogP contribution in [0.1, 0.15) is 0 Å². The van der Waals surface area contributed by atoms with Gasteiger partial charge in [0.25, 0.3) is 0 Å². The summed E-state index contributed by atoms with van der Waals surface area (Å²) >= 11 is 0. The van der Waals surface area contributed by atoms with Crippen LogP contribution in [0.2, 0.25) is 39.3 Å². The first kappa shape index (κ1) is 47.6. The van der Waals surface area contributed by atoms with Crippen LogP contribution in [0.15, 0.2) is 0 Å². The number of halogens is 26. The molecule has 3 fully saturated rings. The first-order valence-corrected chi connectivity index (χ1v) is 23.8. The minimum atomic E-state index is -10.4. The Bertz CT molecular complexity index is 1280. The van der Waals surface area contributed by atoms with Crippen molar-refractivity contribution in [3.05, 3.63) is 0 Å². The third-order valence-electron chi connectivity index (χ3n) is 7.79. The summed E-state index contributed by atoms with van der Waals surface area (Å²) in [5, 5.41) is 0. The summed E-state index contributed by atoms with van der Waals surface area (Å²) in [6.07, 6.45) is -67.7. The molecule has 0 atom stereocenters. The zero-order chi connectivity index (χ0) is 43.9. The van der Waals surface area contributed by atoms with Gasteiger partial charge in [0.2, 0.25) is 0 Å². The summed E-state index contributed by atoms with van der Waals surface area (Å²) in [6.45, 7) is -1.39. The molecule has 3 saturated heterocycles. The van der Waals surface area contributed by atoms with Crippen LogP contribution in [0, 0.1) is 0 Å². The maximum absolute atomic E-state index is 18.2. The van der Waals surface area contributed by atoms with Gasteiger partial charge in [-0.15, -0.1) is 0 Å². The van der Waals surface area contributed by atoms with Crippen LogP contribution in [0.25, 0.3) is 0 Å². The van der Waals surface area contributed by atoms with Crippen molar-refractivity contribution in [1.29, 1.82) is 0 Å². The zero-order valence-corrected chi connectivity index (χ0v) is 30.0. The van der Waals surface area contributed by atoms with Gasteiger partial charge in [0.05, 0.1) is 0 Å². The third kappa shape index (κ3) is 4.97. The number of nitrogens with zero attached hydrogens (tertiary/aromatic N) is 2. The average molecular weight is 938 g/mol. The number of hydrogen-bond acceptors (Lipinski definition) is 6. The zero-order valence-electron chi connectivity index (χ0n) is 26.2. The van der Waals surface area contributed by atoms with E-state index >= 15 is 8.39 Å². The van der Waals surface area contributed by atoms with Gasteiger partial charge in [0, 0.05) is 0 Å². The summed E-state index contributed by atoms with van der Waals surface area (Å²) in [7, 11) is -33.1. The van der Waals surface area contributed by atoms with Gasteiger partial charge >= 0.3 is 283 Å². The molecule has 0 bridgehead atoms. The fourth-order valence-electron chi connectivity index (χ4n) is 6.76. The van der Waals surface area contributed by atoms with Gasteiger partial charge in [0.1, 0.15) is 0 Å². The second-order valence-corrected chi connectivity index (χ2v) is 30.7. The molecule has 0 aromatic rings. The van der Waals surface area contributed by atoms with Crippen molar-refractivity contribution in [2.45, 2.75) is 111 Å². The van der Waals surface area contributed by atoms with Crippen LogP contribution >= 0.6 is 15.3 Å². The maximum atomic E-state index is 18.2. The molecule has 2 spiro atoms. The van der Waals surface area contributed by atoms with Crippen molar-refractivity contribution < 1.29 is 132 Å². The summed E-state index contributed by atoms with van der Waals surface area (Å²) in [6, 6.07) is 0. The summed E-state index contributed by atoms with van der Waals surface area (Å²) in [5.41, 5.74) is -33.6. The number of alkyl halides is 24. The second kappa shape index (κ2) is 10.7. The molecule has 0 amide bonds. The van der Waals surface area contributed by atoms with Crippen LogP contribution in [0.5, 0.6) is 0 Å². The Morgan fingerprint density at radius 2 is 0.426 bits per heavy atom. The van der Waals surface area contributed by atoms with Gasteiger partial charge in [-0.1, -0.05) is 0 Å². The molecule has 3 rings (SSSR count). The van der Waals surface area contributed by atoms with Crippen molar-refractivity contribution in [3.63, 3.8) is 0 Å². The molecule has 0 saturated carbocycles. The van der Waals surface area contributed by atoms with E-state index in [-0.39, 0.29) is 39.3 Å². The molecule has 6 nitrogen and oxygen atoms in total. The molecular weight excluding hydrogens is 920 g/mol. The van der Waals surface area contributed by atoms with Crippen molar-refractivity contribution in [2.24, 2.45) is 0 Å². The Labute approximate surface area is 283 Å². The van der Waals surface area contributed by atoms with Crippen LogP contribution in [0.3, 0.4) is 0 Å². The topological polar surface area (TPSA) is 43.4 Å². The van der Waals surface area contributed by atoms with Crippen molar-refractivity contribution >= 4 is 31.8 Å². The van der Waals surface area contributed by atoms with Gasteiger partial charge < -0.3 is 0 Å². The molecule has 54 heavy (non-hydrogen) atoms. The van der Waals surface area contributed by atoms with Crippen LogP contribution in [-0.2, 0) is 18.1 Å². The molecule has 324 valence electrons. The van der Waals surface area contributed by atoms with Gasteiger partial charge in [-0.2, -0.15) is 0 Å². The fraction of sp³-hybridized carbons (Fsp3) is 1.00. The Morgan fingerprint density at radius 1 is 0.315 bits per heavy atom. The Balaban J connectivity index is 2.94. The van der Waals surface area contributed by atoms with E-state index in [9.17, 15) is 105 Å². The number of hydrogen-bond donors (Lipinski definition) is 0. The molecule has 3 aliphatic rings. The van der Waals surface area contributed by atoms with E-state index in [2.05, 4.69) is 18.1 Å². The molecule has 0 unspecified atom stereocenters. The van der Waals surface area contributed by atoms with E-state index < -0.39 is 112 Å². The summed E-state index contributed by atoms with van der Waals surface area (Å²) in [4.78, 5) is 0. The predicted molar refractivity (Wildman–Crippen MR) is 130 cm³/mol. The Kier molecular flexibility index (Phi) is 9.43. The average Bonchev–Trinajstić information content (AvgIpc) is 3.22. The van der Waals surface area contributed by atoms with E-state index in [1.165, 1.54) is 0 Å².